The molecule has 0 amide bonds. The monoisotopic (exact) mass is 273 g/mol. The Bertz CT molecular complexity index is 488. The summed E-state index contributed by atoms with van der Waals surface area (Å²) >= 11 is 0. The quantitative estimate of drug-likeness (QED) is 0.861. The van der Waals surface area contributed by atoms with E-state index in [1.165, 1.54) is 24.8 Å². The van der Waals surface area contributed by atoms with Crippen LogP contribution in [0.3, 0.4) is 0 Å². The number of hydrogen-bond acceptors (Lipinski definition) is 3. The molecule has 1 aliphatic carbocycles. The van der Waals surface area contributed by atoms with E-state index in [2.05, 4.69) is 23.5 Å². The number of nitrogens with one attached hydrogen (secondary N) is 1. The first kappa shape index (κ1) is 13.6. The number of aldehydes is 1. The number of carbonyl (C=O) groups is 1. The summed E-state index contributed by atoms with van der Waals surface area (Å²) in [6.45, 7) is 0.950. The number of methoxy groups -OCH3 is 1. The lowest BCUT2D eigenvalue weighted by Gasteiger charge is -2.37. The molecule has 0 spiro atoms. The van der Waals surface area contributed by atoms with Gasteiger partial charge in [-0.25, -0.2) is 0 Å². The number of carbonyl (C=O) groups excluding carboxylic acids is 1. The highest BCUT2D eigenvalue weighted by Crippen LogP contribution is 2.51. The average Bonchev–Trinajstić information content (AvgIpc) is 2.84. The molecule has 3 unspecified atom stereocenters. The Hall–Kier alpha value is -1.35. The molecule has 3 rings (SSSR count). The van der Waals surface area contributed by atoms with Gasteiger partial charge in [-0.3, -0.25) is 0 Å². The first-order chi connectivity index (χ1) is 9.80. The Morgan fingerprint density at radius 2 is 2.20 bits per heavy atom. The number of benzene rings is 1. The third-order valence-corrected chi connectivity index (χ3v) is 5.25. The molecule has 3 nitrogen and oxygen atoms in total. The zero-order valence-electron chi connectivity index (χ0n) is 12.1. The lowest BCUT2D eigenvalue weighted by molar-refractivity contribution is -0.111. The summed E-state index contributed by atoms with van der Waals surface area (Å²) in [6, 6.07) is 8.47. The number of ether oxygens (including phenoxy) is 1. The molecule has 2 fully saturated rings. The van der Waals surface area contributed by atoms with E-state index < -0.39 is 0 Å². The third kappa shape index (κ3) is 2.14. The topological polar surface area (TPSA) is 38.3 Å². The number of fused-ring (bicyclic) bond motifs is 1. The maximum atomic E-state index is 11.5. The van der Waals surface area contributed by atoms with Crippen LogP contribution in [-0.2, 0) is 10.2 Å². The maximum absolute atomic E-state index is 11.5. The molecule has 108 valence electrons. The second-order valence-electron chi connectivity index (χ2n) is 6.11. The van der Waals surface area contributed by atoms with Crippen LogP contribution in [0.15, 0.2) is 24.3 Å². The standard InChI is InChI=1S/C17H23NO2/c1-20-14-6-2-5-13(11-14)17-8-3-7-15(17)16(12-19)18-10-4-9-17/h2,5-6,11-12,15-16,18H,3-4,7-10H2,1H3. The average molecular weight is 273 g/mol. The molecule has 0 radical (unpaired) electrons. The largest absolute Gasteiger partial charge is 0.497 e. The summed E-state index contributed by atoms with van der Waals surface area (Å²) in [5.41, 5.74) is 1.51. The van der Waals surface area contributed by atoms with E-state index in [1.54, 1.807) is 7.11 Å². The lowest BCUT2D eigenvalue weighted by Crippen LogP contribution is -2.43. The maximum Gasteiger partial charge on any atom is 0.137 e. The highest BCUT2D eigenvalue weighted by Gasteiger charge is 2.48. The van der Waals surface area contributed by atoms with E-state index in [4.69, 9.17) is 4.74 Å². The van der Waals surface area contributed by atoms with Crippen molar-refractivity contribution in [1.29, 1.82) is 0 Å². The van der Waals surface area contributed by atoms with Crippen molar-refractivity contribution in [3.05, 3.63) is 29.8 Å². The molecule has 0 aromatic heterocycles. The van der Waals surface area contributed by atoms with Crippen LogP contribution in [0.1, 0.15) is 37.7 Å². The minimum absolute atomic E-state index is 0.00574. The normalized spacial score (nSPS) is 33.2. The van der Waals surface area contributed by atoms with E-state index in [0.717, 1.165) is 31.4 Å². The number of hydrogen-bond donors (Lipinski definition) is 1. The molecular formula is C17H23NO2. The SMILES string of the molecule is COc1cccc(C23CCCNC(C=O)C2CCC3)c1. The predicted octanol–water partition coefficient (Wildman–Crippen LogP) is 2.68. The van der Waals surface area contributed by atoms with Crippen molar-refractivity contribution < 1.29 is 9.53 Å². The Balaban J connectivity index is 2.03. The van der Waals surface area contributed by atoms with Crippen LogP contribution >= 0.6 is 0 Å². The second kappa shape index (κ2) is 5.57. The smallest absolute Gasteiger partial charge is 0.137 e. The number of rotatable bonds is 3. The molecular weight excluding hydrogens is 250 g/mol. The highest BCUT2D eigenvalue weighted by atomic mass is 16.5. The molecule has 1 aromatic carbocycles. The first-order valence-corrected chi connectivity index (χ1v) is 7.63. The minimum Gasteiger partial charge on any atom is -0.497 e. The fourth-order valence-corrected chi connectivity index (χ4v) is 4.33. The highest BCUT2D eigenvalue weighted by molar-refractivity contribution is 5.59. The van der Waals surface area contributed by atoms with E-state index >= 15 is 0 Å². The van der Waals surface area contributed by atoms with Gasteiger partial charge in [0.05, 0.1) is 13.2 Å². The lowest BCUT2D eigenvalue weighted by atomic mass is 9.67. The molecule has 1 N–H and O–H groups in total. The zero-order valence-corrected chi connectivity index (χ0v) is 12.1. The van der Waals surface area contributed by atoms with Gasteiger partial charge in [0, 0.05) is 5.41 Å². The fraction of sp³-hybridized carbons (Fsp3) is 0.588. The van der Waals surface area contributed by atoms with Crippen molar-refractivity contribution in [2.45, 2.75) is 43.6 Å². The van der Waals surface area contributed by atoms with Gasteiger partial charge in [-0.1, -0.05) is 18.6 Å². The van der Waals surface area contributed by atoms with Gasteiger partial charge in [-0.05, 0) is 55.8 Å². The Labute approximate surface area is 120 Å². The summed E-state index contributed by atoms with van der Waals surface area (Å²) in [5.74, 6) is 1.34. The van der Waals surface area contributed by atoms with E-state index in [0.29, 0.717) is 5.92 Å². The van der Waals surface area contributed by atoms with Gasteiger partial charge in [-0.2, -0.15) is 0 Å². The molecule has 0 bridgehead atoms. The summed E-state index contributed by atoms with van der Waals surface area (Å²) in [5, 5.41) is 3.43. The van der Waals surface area contributed by atoms with Crippen molar-refractivity contribution in [2.24, 2.45) is 5.92 Å². The molecule has 1 saturated carbocycles. The van der Waals surface area contributed by atoms with Crippen LogP contribution in [0.25, 0.3) is 0 Å². The summed E-state index contributed by atoms with van der Waals surface area (Å²) in [4.78, 5) is 11.5. The van der Waals surface area contributed by atoms with Gasteiger partial charge >= 0.3 is 0 Å². The summed E-state index contributed by atoms with van der Waals surface area (Å²) in [7, 11) is 1.71. The second-order valence-corrected chi connectivity index (χ2v) is 6.11. The molecule has 1 aromatic rings. The van der Waals surface area contributed by atoms with Crippen molar-refractivity contribution in [1.82, 2.24) is 5.32 Å². The van der Waals surface area contributed by atoms with Gasteiger partial charge in [0.2, 0.25) is 0 Å². The summed E-state index contributed by atoms with van der Waals surface area (Å²) < 4.78 is 5.39. The van der Waals surface area contributed by atoms with Gasteiger partial charge in [0.15, 0.2) is 0 Å². The molecule has 1 saturated heterocycles. The van der Waals surface area contributed by atoms with Crippen LogP contribution < -0.4 is 10.1 Å². The van der Waals surface area contributed by atoms with Gasteiger partial charge in [0.25, 0.3) is 0 Å². The van der Waals surface area contributed by atoms with Crippen LogP contribution in [0, 0.1) is 5.92 Å². The molecule has 1 heterocycles. The van der Waals surface area contributed by atoms with Crippen molar-refractivity contribution in [3.63, 3.8) is 0 Å². The van der Waals surface area contributed by atoms with E-state index in [1.807, 2.05) is 6.07 Å². The van der Waals surface area contributed by atoms with Crippen molar-refractivity contribution in [3.8, 4) is 5.75 Å². The van der Waals surface area contributed by atoms with Crippen molar-refractivity contribution >= 4 is 6.29 Å². The van der Waals surface area contributed by atoms with Crippen LogP contribution in [0.2, 0.25) is 0 Å². The molecule has 20 heavy (non-hydrogen) atoms. The van der Waals surface area contributed by atoms with E-state index in [9.17, 15) is 4.79 Å². The van der Waals surface area contributed by atoms with Crippen LogP contribution in [0.5, 0.6) is 5.75 Å². The van der Waals surface area contributed by atoms with Gasteiger partial charge < -0.3 is 14.8 Å². The molecule has 1 aliphatic heterocycles. The Kier molecular flexibility index (Phi) is 3.79. The van der Waals surface area contributed by atoms with Crippen LogP contribution in [0.4, 0.5) is 0 Å². The van der Waals surface area contributed by atoms with Crippen molar-refractivity contribution in [2.75, 3.05) is 13.7 Å². The molecule has 3 heteroatoms. The first-order valence-electron chi connectivity index (χ1n) is 7.63. The predicted molar refractivity (Wildman–Crippen MR) is 79.1 cm³/mol. The van der Waals surface area contributed by atoms with Gasteiger partial charge in [-0.15, -0.1) is 0 Å². The van der Waals surface area contributed by atoms with Crippen LogP contribution in [-0.4, -0.2) is 26.0 Å². The molecule has 3 atom stereocenters. The minimum atomic E-state index is 0.00574. The summed E-state index contributed by atoms with van der Waals surface area (Å²) in [6.07, 6.45) is 6.98. The zero-order chi connectivity index (χ0) is 14.0. The van der Waals surface area contributed by atoms with Gasteiger partial charge in [0.1, 0.15) is 12.0 Å². The fourth-order valence-electron chi connectivity index (χ4n) is 4.33. The van der Waals surface area contributed by atoms with E-state index in [-0.39, 0.29) is 11.5 Å². The third-order valence-electron chi connectivity index (χ3n) is 5.25. The molecule has 2 aliphatic rings. The Morgan fingerprint density at radius 3 is 3.00 bits per heavy atom. The Morgan fingerprint density at radius 1 is 1.35 bits per heavy atom.